The van der Waals surface area contributed by atoms with Crippen molar-refractivity contribution in [3.8, 4) is 5.69 Å². The van der Waals surface area contributed by atoms with Gasteiger partial charge in [-0.1, -0.05) is 12.1 Å². The second-order valence-electron chi connectivity index (χ2n) is 5.03. The van der Waals surface area contributed by atoms with Gasteiger partial charge >= 0.3 is 0 Å². The Bertz CT molecular complexity index is 835. The number of thiophene rings is 1. The molecule has 0 saturated heterocycles. The highest BCUT2D eigenvalue weighted by Crippen LogP contribution is 2.18. The number of hydrogen-bond donors (Lipinski definition) is 1. The van der Waals surface area contributed by atoms with E-state index in [4.69, 9.17) is 5.73 Å². The molecule has 0 spiro atoms. The summed E-state index contributed by atoms with van der Waals surface area (Å²) >= 11 is 1.44. The van der Waals surface area contributed by atoms with Gasteiger partial charge in [0.05, 0.1) is 11.2 Å². The van der Waals surface area contributed by atoms with Gasteiger partial charge in [-0.15, -0.1) is 11.3 Å². The molecular weight excluding hydrogens is 282 g/mol. The van der Waals surface area contributed by atoms with Crippen molar-refractivity contribution in [3.63, 3.8) is 0 Å². The van der Waals surface area contributed by atoms with Crippen LogP contribution in [0.4, 0.5) is 0 Å². The molecule has 0 amide bonds. The van der Waals surface area contributed by atoms with E-state index in [-0.39, 0.29) is 5.56 Å². The molecule has 0 fully saturated rings. The lowest BCUT2D eigenvalue weighted by Gasteiger charge is -2.12. The van der Waals surface area contributed by atoms with Crippen LogP contribution in [0.2, 0.25) is 0 Å². The summed E-state index contributed by atoms with van der Waals surface area (Å²) in [4.78, 5) is 17.4. The molecule has 0 aliphatic rings. The van der Waals surface area contributed by atoms with Crippen LogP contribution in [-0.2, 0) is 6.42 Å². The number of fused-ring (bicyclic) bond motifs is 1. The SMILES string of the molecule is Cc1cccc(-n2c(CCCN)nc3ccsc3c2=O)c1. The number of benzene rings is 1. The van der Waals surface area contributed by atoms with Crippen LogP contribution in [0.1, 0.15) is 17.8 Å². The molecule has 0 unspecified atom stereocenters. The Morgan fingerprint density at radius 2 is 2.19 bits per heavy atom. The molecular formula is C16H17N3OS. The molecule has 108 valence electrons. The van der Waals surface area contributed by atoms with Gasteiger partial charge in [0.1, 0.15) is 10.5 Å². The molecule has 5 heteroatoms. The predicted molar refractivity (Wildman–Crippen MR) is 87.3 cm³/mol. The summed E-state index contributed by atoms with van der Waals surface area (Å²) in [5, 5.41) is 1.91. The first-order valence-electron chi connectivity index (χ1n) is 6.97. The largest absolute Gasteiger partial charge is 0.330 e. The Hall–Kier alpha value is -1.98. The van der Waals surface area contributed by atoms with E-state index < -0.39 is 0 Å². The minimum Gasteiger partial charge on any atom is -0.330 e. The normalized spacial score (nSPS) is 11.1. The van der Waals surface area contributed by atoms with Crippen molar-refractivity contribution in [1.82, 2.24) is 9.55 Å². The Balaban J connectivity index is 2.27. The fourth-order valence-corrected chi connectivity index (χ4v) is 3.18. The molecule has 0 aliphatic carbocycles. The number of hydrogen-bond acceptors (Lipinski definition) is 4. The van der Waals surface area contributed by atoms with E-state index >= 15 is 0 Å². The average molecular weight is 299 g/mol. The van der Waals surface area contributed by atoms with Crippen molar-refractivity contribution in [2.45, 2.75) is 19.8 Å². The molecule has 0 radical (unpaired) electrons. The third kappa shape index (κ3) is 2.62. The molecule has 3 rings (SSSR count). The number of rotatable bonds is 4. The quantitative estimate of drug-likeness (QED) is 0.805. The predicted octanol–water partition coefficient (Wildman–Crippen LogP) is 2.65. The molecule has 0 bridgehead atoms. The fraction of sp³-hybridized carbons (Fsp3) is 0.250. The summed E-state index contributed by atoms with van der Waals surface area (Å²) < 4.78 is 2.43. The monoisotopic (exact) mass is 299 g/mol. The summed E-state index contributed by atoms with van der Waals surface area (Å²) in [6.45, 7) is 2.61. The third-order valence-electron chi connectivity index (χ3n) is 3.41. The molecule has 1 aromatic carbocycles. The van der Waals surface area contributed by atoms with E-state index in [9.17, 15) is 4.79 Å². The fourth-order valence-electron chi connectivity index (χ4n) is 2.42. The number of aromatic nitrogens is 2. The first-order valence-corrected chi connectivity index (χ1v) is 7.85. The zero-order valence-electron chi connectivity index (χ0n) is 11.9. The highest BCUT2D eigenvalue weighted by Gasteiger charge is 2.13. The molecule has 21 heavy (non-hydrogen) atoms. The van der Waals surface area contributed by atoms with Crippen LogP contribution < -0.4 is 11.3 Å². The van der Waals surface area contributed by atoms with Gasteiger partial charge in [0.25, 0.3) is 5.56 Å². The third-order valence-corrected chi connectivity index (χ3v) is 4.31. The van der Waals surface area contributed by atoms with Gasteiger partial charge in [0, 0.05) is 6.42 Å². The smallest absolute Gasteiger partial charge is 0.276 e. The van der Waals surface area contributed by atoms with Crippen LogP contribution in [0, 0.1) is 6.92 Å². The number of nitrogens with two attached hydrogens (primary N) is 1. The summed E-state index contributed by atoms with van der Waals surface area (Å²) in [5.74, 6) is 0.780. The molecule has 4 nitrogen and oxygen atoms in total. The van der Waals surface area contributed by atoms with Crippen molar-refractivity contribution >= 4 is 21.6 Å². The minimum absolute atomic E-state index is 0.00706. The second-order valence-corrected chi connectivity index (χ2v) is 5.95. The molecule has 0 saturated carbocycles. The average Bonchev–Trinajstić information content (AvgIpc) is 2.94. The maximum Gasteiger partial charge on any atom is 0.276 e. The van der Waals surface area contributed by atoms with Gasteiger partial charge in [-0.25, -0.2) is 4.98 Å². The van der Waals surface area contributed by atoms with Gasteiger partial charge in [-0.3, -0.25) is 9.36 Å². The standard InChI is InChI=1S/C16H17N3OS/c1-11-4-2-5-12(10-11)19-14(6-3-8-17)18-13-7-9-21-15(13)16(19)20/h2,4-5,7,9-10H,3,6,8,17H2,1H3. The molecule has 0 atom stereocenters. The second kappa shape index (κ2) is 5.79. The van der Waals surface area contributed by atoms with Crippen molar-refractivity contribution in [2.75, 3.05) is 6.54 Å². The van der Waals surface area contributed by atoms with E-state index in [2.05, 4.69) is 4.98 Å². The van der Waals surface area contributed by atoms with Crippen LogP contribution >= 0.6 is 11.3 Å². The Morgan fingerprint density at radius 3 is 2.95 bits per heavy atom. The maximum absolute atomic E-state index is 12.8. The van der Waals surface area contributed by atoms with E-state index in [0.29, 0.717) is 17.7 Å². The highest BCUT2D eigenvalue weighted by atomic mass is 32.1. The van der Waals surface area contributed by atoms with Crippen molar-refractivity contribution in [1.29, 1.82) is 0 Å². The van der Waals surface area contributed by atoms with E-state index in [1.54, 1.807) is 4.57 Å². The molecule has 0 aliphatic heterocycles. The van der Waals surface area contributed by atoms with Crippen molar-refractivity contribution in [2.24, 2.45) is 5.73 Å². The topological polar surface area (TPSA) is 60.9 Å². The molecule has 2 N–H and O–H groups in total. The Labute approximate surface area is 126 Å². The molecule has 2 heterocycles. The lowest BCUT2D eigenvalue weighted by atomic mass is 10.2. The molecule has 3 aromatic rings. The van der Waals surface area contributed by atoms with Crippen LogP contribution in [0.25, 0.3) is 15.9 Å². The highest BCUT2D eigenvalue weighted by molar-refractivity contribution is 7.17. The zero-order chi connectivity index (χ0) is 14.8. The summed E-state index contributed by atoms with van der Waals surface area (Å²) in [5.41, 5.74) is 8.38. The van der Waals surface area contributed by atoms with Gasteiger partial charge in [-0.05, 0) is 49.0 Å². The summed E-state index contributed by atoms with van der Waals surface area (Å²) in [6, 6.07) is 9.83. The Kier molecular flexibility index (Phi) is 3.86. The van der Waals surface area contributed by atoms with Crippen LogP contribution in [-0.4, -0.2) is 16.1 Å². The Morgan fingerprint density at radius 1 is 1.33 bits per heavy atom. The van der Waals surface area contributed by atoms with Crippen LogP contribution in [0.15, 0.2) is 40.5 Å². The number of aryl methyl sites for hydroxylation is 2. The maximum atomic E-state index is 12.8. The number of nitrogens with zero attached hydrogens (tertiary/aromatic N) is 2. The van der Waals surface area contributed by atoms with E-state index in [0.717, 1.165) is 29.0 Å². The zero-order valence-corrected chi connectivity index (χ0v) is 12.7. The molecule has 2 aromatic heterocycles. The lowest BCUT2D eigenvalue weighted by Crippen LogP contribution is -2.23. The summed E-state index contributed by atoms with van der Waals surface area (Å²) in [7, 11) is 0. The van der Waals surface area contributed by atoms with Crippen LogP contribution in [0.5, 0.6) is 0 Å². The van der Waals surface area contributed by atoms with Crippen LogP contribution in [0.3, 0.4) is 0 Å². The van der Waals surface area contributed by atoms with Crippen molar-refractivity contribution in [3.05, 3.63) is 57.5 Å². The minimum atomic E-state index is 0.00706. The van der Waals surface area contributed by atoms with Gasteiger partial charge in [0.2, 0.25) is 0 Å². The lowest BCUT2D eigenvalue weighted by molar-refractivity contribution is 0.742. The summed E-state index contributed by atoms with van der Waals surface area (Å²) in [6.07, 6.45) is 1.51. The van der Waals surface area contributed by atoms with E-state index in [1.165, 1.54) is 11.3 Å². The van der Waals surface area contributed by atoms with Crippen molar-refractivity contribution < 1.29 is 0 Å². The van der Waals surface area contributed by atoms with Gasteiger partial charge < -0.3 is 5.73 Å². The first kappa shape index (κ1) is 14.0. The first-order chi connectivity index (χ1) is 10.2. The van der Waals surface area contributed by atoms with Gasteiger partial charge in [0.15, 0.2) is 0 Å². The van der Waals surface area contributed by atoms with Gasteiger partial charge in [-0.2, -0.15) is 0 Å². The van der Waals surface area contributed by atoms with E-state index in [1.807, 2.05) is 42.6 Å².